The van der Waals surface area contributed by atoms with Crippen LogP contribution in [0.15, 0.2) is 54.6 Å². The van der Waals surface area contributed by atoms with Crippen molar-refractivity contribution < 1.29 is 24.9 Å². The molecule has 1 aliphatic carbocycles. The first-order valence-electron chi connectivity index (χ1n) is 10.2. The van der Waals surface area contributed by atoms with Crippen LogP contribution >= 0.6 is 0 Å². The van der Waals surface area contributed by atoms with Gasteiger partial charge < -0.3 is 20.2 Å². The van der Waals surface area contributed by atoms with Gasteiger partial charge in [-0.1, -0.05) is 54.6 Å². The molecule has 0 fully saturated rings. The number of aliphatic hydroxyl groups is 1. The lowest BCUT2D eigenvalue weighted by atomic mass is 9.73. The second kappa shape index (κ2) is 10.9. The zero-order valence-corrected chi connectivity index (χ0v) is 17.6. The smallest absolute Gasteiger partial charge is 0.414 e. The summed E-state index contributed by atoms with van der Waals surface area (Å²) in [5.41, 5.74) is 2.96. The number of rotatable bonds is 5. The minimum atomic E-state index is -1.82. The number of carbonyl (C=O) groups is 2. The van der Waals surface area contributed by atoms with Crippen molar-refractivity contribution in [3.8, 4) is 0 Å². The van der Waals surface area contributed by atoms with Crippen molar-refractivity contribution in [3.05, 3.63) is 71.3 Å². The Morgan fingerprint density at radius 2 is 1.60 bits per heavy atom. The van der Waals surface area contributed by atoms with Crippen molar-refractivity contribution in [1.29, 1.82) is 0 Å². The van der Waals surface area contributed by atoms with E-state index in [1.54, 1.807) is 0 Å². The summed E-state index contributed by atoms with van der Waals surface area (Å²) in [6.45, 7) is 1.01. The maximum atomic E-state index is 11.9. The van der Waals surface area contributed by atoms with Gasteiger partial charge in [-0.2, -0.15) is 0 Å². The number of aryl methyl sites for hydroxylation is 1. The molecule has 0 unspecified atom stereocenters. The molecule has 0 saturated heterocycles. The Morgan fingerprint density at radius 3 is 2.20 bits per heavy atom. The monoisotopic (exact) mass is 413 g/mol. The van der Waals surface area contributed by atoms with Crippen LogP contribution in [0.4, 0.5) is 0 Å². The number of benzene rings is 2. The Kier molecular flexibility index (Phi) is 8.57. The third-order valence-electron chi connectivity index (χ3n) is 5.55. The van der Waals surface area contributed by atoms with E-state index in [0.717, 1.165) is 44.2 Å². The Bertz CT molecular complexity index is 824. The Hall–Kier alpha value is -2.70. The van der Waals surface area contributed by atoms with Gasteiger partial charge in [-0.25, -0.2) is 9.59 Å². The lowest BCUT2D eigenvalue weighted by Crippen LogP contribution is -2.34. The van der Waals surface area contributed by atoms with Gasteiger partial charge in [0, 0.05) is 5.92 Å². The molecule has 0 heterocycles. The fourth-order valence-corrected chi connectivity index (χ4v) is 4.19. The molecule has 3 N–H and O–H groups in total. The van der Waals surface area contributed by atoms with Crippen molar-refractivity contribution in [2.24, 2.45) is 0 Å². The van der Waals surface area contributed by atoms with Gasteiger partial charge in [0.2, 0.25) is 0 Å². The van der Waals surface area contributed by atoms with Gasteiger partial charge in [0.1, 0.15) is 0 Å². The number of aliphatic carboxylic acids is 2. The molecule has 2 aromatic carbocycles. The molecular formula is C24H31NO5. The van der Waals surface area contributed by atoms with Gasteiger partial charge in [-0.05, 0) is 69.4 Å². The minimum absolute atomic E-state index is 0.171. The van der Waals surface area contributed by atoms with Crippen LogP contribution in [-0.2, 0) is 21.6 Å². The quantitative estimate of drug-likeness (QED) is 0.513. The Labute approximate surface area is 177 Å². The van der Waals surface area contributed by atoms with Crippen molar-refractivity contribution in [3.63, 3.8) is 0 Å². The van der Waals surface area contributed by atoms with Crippen LogP contribution in [0, 0.1) is 0 Å². The van der Waals surface area contributed by atoms with Crippen LogP contribution < -0.4 is 0 Å². The van der Waals surface area contributed by atoms with Gasteiger partial charge in [-0.3, -0.25) is 0 Å². The molecule has 30 heavy (non-hydrogen) atoms. The highest BCUT2D eigenvalue weighted by Crippen LogP contribution is 2.47. The zero-order valence-electron chi connectivity index (χ0n) is 17.6. The molecule has 0 aliphatic heterocycles. The molecular weight excluding hydrogens is 382 g/mol. The number of hydrogen-bond donors (Lipinski definition) is 3. The average Bonchev–Trinajstić information content (AvgIpc) is 2.86. The van der Waals surface area contributed by atoms with E-state index in [4.69, 9.17) is 19.8 Å². The standard InChI is InChI=1S/C22H29NO.C2H2O4/c1-23(2)17-9-16-22(24)20-14-7-6-12-19(20)13-8-15-21(22)18-10-4-3-5-11-18;3-1(4)2(5)6/h3-7,10-12,14,21,24H,8-9,13,15-17H2,1-2H3;(H,3,4)(H,5,6)/t21-,22-;/m0./s1. The van der Waals surface area contributed by atoms with Crippen LogP contribution in [0.25, 0.3) is 0 Å². The first kappa shape index (κ1) is 23.6. The van der Waals surface area contributed by atoms with Gasteiger partial charge in [-0.15, -0.1) is 0 Å². The summed E-state index contributed by atoms with van der Waals surface area (Å²) < 4.78 is 0. The molecule has 0 spiro atoms. The van der Waals surface area contributed by atoms with Crippen LogP contribution in [0.5, 0.6) is 0 Å². The number of nitrogens with zero attached hydrogens (tertiary/aromatic N) is 1. The lowest BCUT2D eigenvalue weighted by molar-refractivity contribution is -0.159. The van der Waals surface area contributed by atoms with Crippen LogP contribution in [0.2, 0.25) is 0 Å². The van der Waals surface area contributed by atoms with E-state index < -0.39 is 17.5 Å². The Balaban J connectivity index is 0.000000469. The molecule has 6 nitrogen and oxygen atoms in total. The summed E-state index contributed by atoms with van der Waals surface area (Å²) in [5.74, 6) is -3.48. The summed E-state index contributed by atoms with van der Waals surface area (Å²) in [7, 11) is 4.19. The fourth-order valence-electron chi connectivity index (χ4n) is 4.19. The molecule has 3 rings (SSSR count). The molecule has 0 saturated carbocycles. The highest BCUT2D eigenvalue weighted by molar-refractivity contribution is 6.27. The summed E-state index contributed by atoms with van der Waals surface area (Å²) in [6.07, 6.45) is 5.04. The maximum absolute atomic E-state index is 11.9. The third-order valence-corrected chi connectivity index (χ3v) is 5.55. The van der Waals surface area contributed by atoms with E-state index in [2.05, 4.69) is 73.6 Å². The summed E-state index contributed by atoms with van der Waals surface area (Å²) in [4.78, 5) is 20.4. The van der Waals surface area contributed by atoms with E-state index in [-0.39, 0.29) is 5.92 Å². The number of hydrogen-bond acceptors (Lipinski definition) is 4. The molecule has 6 heteroatoms. The van der Waals surface area contributed by atoms with E-state index >= 15 is 0 Å². The molecule has 0 aromatic heterocycles. The van der Waals surface area contributed by atoms with Crippen molar-refractivity contribution in [1.82, 2.24) is 4.90 Å². The van der Waals surface area contributed by atoms with Crippen molar-refractivity contribution >= 4 is 11.9 Å². The SMILES string of the molecule is CN(C)CCC[C@]1(O)c2ccccc2CCC[C@H]1c1ccccc1.O=C(O)C(=O)O. The molecule has 1 aliphatic rings. The molecule has 0 radical (unpaired) electrons. The first-order chi connectivity index (χ1) is 14.3. The van der Waals surface area contributed by atoms with E-state index in [0.29, 0.717) is 0 Å². The molecule has 0 bridgehead atoms. The highest BCUT2D eigenvalue weighted by atomic mass is 16.4. The maximum Gasteiger partial charge on any atom is 0.414 e. The van der Waals surface area contributed by atoms with E-state index in [1.165, 1.54) is 11.1 Å². The van der Waals surface area contributed by atoms with E-state index in [9.17, 15) is 5.11 Å². The van der Waals surface area contributed by atoms with Crippen molar-refractivity contribution in [2.45, 2.75) is 43.6 Å². The lowest BCUT2D eigenvalue weighted by Gasteiger charge is -2.37. The predicted molar refractivity (Wildman–Crippen MR) is 116 cm³/mol. The van der Waals surface area contributed by atoms with E-state index in [1.807, 2.05) is 0 Å². The highest BCUT2D eigenvalue weighted by Gasteiger charge is 2.41. The number of fused-ring (bicyclic) bond motifs is 1. The molecule has 2 atom stereocenters. The second-order valence-corrected chi connectivity index (χ2v) is 7.95. The average molecular weight is 414 g/mol. The number of carboxylic acids is 2. The topological polar surface area (TPSA) is 98.1 Å². The fraction of sp³-hybridized carbons (Fsp3) is 0.417. The van der Waals surface area contributed by atoms with Crippen LogP contribution in [0.3, 0.4) is 0 Å². The van der Waals surface area contributed by atoms with Gasteiger partial charge in [0.25, 0.3) is 0 Å². The third kappa shape index (κ3) is 6.15. The molecule has 162 valence electrons. The zero-order chi connectivity index (χ0) is 22.1. The summed E-state index contributed by atoms with van der Waals surface area (Å²) in [6, 6.07) is 19.1. The minimum Gasteiger partial charge on any atom is -0.473 e. The summed E-state index contributed by atoms with van der Waals surface area (Å²) >= 11 is 0. The van der Waals surface area contributed by atoms with Crippen LogP contribution in [0.1, 0.15) is 48.3 Å². The predicted octanol–water partition coefficient (Wildman–Crippen LogP) is 3.49. The largest absolute Gasteiger partial charge is 0.473 e. The van der Waals surface area contributed by atoms with Gasteiger partial charge >= 0.3 is 11.9 Å². The van der Waals surface area contributed by atoms with Crippen molar-refractivity contribution in [2.75, 3.05) is 20.6 Å². The molecule has 2 aromatic rings. The first-order valence-corrected chi connectivity index (χ1v) is 10.2. The normalized spacial score (nSPS) is 20.5. The number of carboxylic acid groups (broad SMARTS) is 2. The summed E-state index contributed by atoms with van der Waals surface area (Å²) in [5, 5.41) is 26.7. The van der Waals surface area contributed by atoms with Gasteiger partial charge in [0.15, 0.2) is 0 Å². The second-order valence-electron chi connectivity index (χ2n) is 7.95. The molecule has 0 amide bonds. The Morgan fingerprint density at radius 1 is 1.00 bits per heavy atom. The van der Waals surface area contributed by atoms with Crippen LogP contribution in [-0.4, -0.2) is 52.8 Å². The van der Waals surface area contributed by atoms with Gasteiger partial charge in [0.05, 0.1) is 5.60 Å².